The van der Waals surface area contributed by atoms with Crippen molar-refractivity contribution in [1.82, 2.24) is 5.32 Å². The Balaban J connectivity index is 2.02. The van der Waals surface area contributed by atoms with Gasteiger partial charge in [0.15, 0.2) is 5.58 Å². The van der Waals surface area contributed by atoms with Crippen molar-refractivity contribution in [3.8, 4) is 11.1 Å². The standard InChI is InChI=1S/C18H18ClNO/c1-2-8-20-11-15-12-21-18-16(15)9-14(10-17(18)19)13-6-4-3-5-7-13/h3-7,9-10,12,20H,2,8,11H2,1H3. The maximum absolute atomic E-state index is 6.37. The first-order valence-electron chi connectivity index (χ1n) is 7.25. The van der Waals surface area contributed by atoms with E-state index in [0.717, 1.165) is 47.2 Å². The molecule has 2 nitrogen and oxygen atoms in total. The average molecular weight is 300 g/mol. The highest BCUT2D eigenvalue weighted by Crippen LogP contribution is 2.33. The summed E-state index contributed by atoms with van der Waals surface area (Å²) >= 11 is 6.37. The van der Waals surface area contributed by atoms with Crippen molar-refractivity contribution >= 4 is 22.6 Å². The van der Waals surface area contributed by atoms with E-state index >= 15 is 0 Å². The van der Waals surface area contributed by atoms with E-state index in [1.54, 1.807) is 6.26 Å². The lowest BCUT2D eigenvalue weighted by Gasteiger charge is -2.05. The maximum Gasteiger partial charge on any atom is 0.152 e. The average Bonchev–Trinajstić information content (AvgIpc) is 2.92. The highest BCUT2D eigenvalue weighted by atomic mass is 35.5. The topological polar surface area (TPSA) is 25.2 Å². The fraction of sp³-hybridized carbons (Fsp3) is 0.222. The quantitative estimate of drug-likeness (QED) is 0.651. The molecule has 0 saturated carbocycles. The molecule has 2 aromatic carbocycles. The molecule has 0 bridgehead atoms. The van der Waals surface area contributed by atoms with Crippen LogP contribution in [0.2, 0.25) is 5.02 Å². The second-order valence-corrected chi connectivity index (χ2v) is 5.55. The van der Waals surface area contributed by atoms with Crippen molar-refractivity contribution < 1.29 is 4.42 Å². The minimum atomic E-state index is 0.660. The van der Waals surface area contributed by atoms with Crippen molar-refractivity contribution in [3.05, 3.63) is 59.3 Å². The zero-order chi connectivity index (χ0) is 14.7. The van der Waals surface area contributed by atoms with E-state index in [9.17, 15) is 0 Å². The van der Waals surface area contributed by atoms with Gasteiger partial charge in [0.1, 0.15) is 0 Å². The Morgan fingerprint density at radius 2 is 1.90 bits per heavy atom. The van der Waals surface area contributed by atoms with E-state index in [1.807, 2.05) is 24.3 Å². The molecule has 0 aliphatic rings. The normalized spacial score (nSPS) is 11.1. The number of hydrogen-bond donors (Lipinski definition) is 1. The van der Waals surface area contributed by atoms with E-state index < -0.39 is 0 Å². The minimum Gasteiger partial charge on any atom is -0.462 e. The molecule has 3 rings (SSSR count). The Labute approximate surface area is 129 Å². The number of benzene rings is 2. The third kappa shape index (κ3) is 2.97. The van der Waals surface area contributed by atoms with Crippen LogP contribution in [0.5, 0.6) is 0 Å². The predicted octanol–water partition coefficient (Wildman–Crippen LogP) is 5.25. The second-order valence-electron chi connectivity index (χ2n) is 5.14. The minimum absolute atomic E-state index is 0.660. The molecule has 1 N–H and O–H groups in total. The smallest absolute Gasteiger partial charge is 0.152 e. The van der Waals surface area contributed by atoms with Gasteiger partial charge in [-0.15, -0.1) is 0 Å². The molecule has 1 aromatic heterocycles. The number of halogens is 1. The van der Waals surface area contributed by atoms with Crippen LogP contribution in [0.4, 0.5) is 0 Å². The van der Waals surface area contributed by atoms with Gasteiger partial charge in [-0.1, -0.05) is 48.9 Å². The Hall–Kier alpha value is -1.77. The summed E-state index contributed by atoms with van der Waals surface area (Å²) in [6.45, 7) is 3.96. The summed E-state index contributed by atoms with van der Waals surface area (Å²) in [4.78, 5) is 0. The zero-order valence-electron chi connectivity index (χ0n) is 12.0. The van der Waals surface area contributed by atoms with Gasteiger partial charge in [0, 0.05) is 17.5 Å². The SMILES string of the molecule is CCCNCc1coc2c(Cl)cc(-c3ccccc3)cc12. The third-order valence-corrected chi connectivity index (χ3v) is 3.84. The molecule has 0 atom stereocenters. The first-order valence-corrected chi connectivity index (χ1v) is 7.63. The van der Waals surface area contributed by atoms with Crippen molar-refractivity contribution in [2.24, 2.45) is 0 Å². The highest BCUT2D eigenvalue weighted by Gasteiger charge is 2.11. The first-order chi connectivity index (χ1) is 10.3. The van der Waals surface area contributed by atoms with Gasteiger partial charge in [-0.3, -0.25) is 0 Å². The first kappa shape index (κ1) is 14.2. The molecule has 3 aromatic rings. The molecule has 0 amide bonds. The van der Waals surface area contributed by atoms with Crippen molar-refractivity contribution in [2.75, 3.05) is 6.54 Å². The van der Waals surface area contributed by atoms with Gasteiger partial charge < -0.3 is 9.73 Å². The summed E-state index contributed by atoms with van der Waals surface area (Å²) in [7, 11) is 0. The van der Waals surface area contributed by atoms with E-state index in [1.165, 1.54) is 0 Å². The lowest BCUT2D eigenvalue weighted by molar-refractivity contribution is 0.601. The summed E-state index contributed by atoms with van der Waals surface area (Å²) in [5, 5.41) is 5.15. The molecule has 0 radical (unpaired) electrons. The lowest BCUT2D eigenvalue weighted by Crippen LogP contribution is -2.13. The number of hydrogen-bond acceptors (Lipinski definition) is 2. The Morgan fingerprint density at radius 1 is 1.10 bits per heavy atom. The molecule has 21 heavy (non-hydrogen) atoms. The van der Waals surface area contributed by atoms with Crippen LogP contribution in [0.25, 0.3) is 22.1 Å². The number of rotatable bonds is 5. The van der Waals surface area contributed by atoms with Crippen LogP contribution in [0.3, 0.4) is 0 Å². The molecular formula is C18H18ClNO. The molecule has 0 unspecified atom stereocenters. The predicted molar refractivity (Wildman–Crippen MR) is 88.7 cm³/mol. The molecule has 3 heteroatoms. The molecule has 108 valence electrons. The van der Waals surface area contributed by atoms with Crippen molar-refractivity contribution in [3.63, 3.8) is 0 Å². The Bertz CT molecular complexity index is 734. The second kappa shape index (κ2) is 6.33. The van der Waals surface area contributed by atoms with Gasteiger partial charge in [-0.2, -0.15) is 0 Å². The molecule has 1 heterocycles. The summed E-state index contributed by atoms with van der Waals surface area (Å²) in [5.41, 5.74) is 4.20. The van der Waals surface area contributed by atoms with Gasteiger partial charge in [0.25, 0.3) is 0 Å². The highest BCUT2D eigenvalue weighted by molar-refractivity contribution is 6.35. The molecular weight excluding hydrogens is 282 g/mol. The van der Waals surface area contributed by atoms with E-state index in [2.05, 4.69) is 30.4 Å². The number of nitrogens with one attached hydrogen (secondary N) is 1. The fourth-order valence-corrected chi connectivity index (χ4v) is 2.74. The molecule has 0 spiro atoms. The summed E-state index contributed by atoms with van der Waals surface area (Å²) in [6, 6.07) is 14.4. The lowest BCUT2D eigenvalue weighted by atomic mass is 10.0. The van der Waals surface area contributed by atoms with E-state index in [-0.39, 0.29) is 0 Å². The largest absolute Gasteiger partial charge is 0.462 e. The number of fused-ring (bicyclic) bond motifs is 1. The Kier molecular flexibility index (Phi) is 4.28. The van der Waals surface area contributed by atoms with Crippen molar-refractivity contribution in [1.29, 1.82) is 0 Å². The zero-order valence-corrected chi connectivity index (χ0v) is 12.8. The van der Waals surface area contributed by atoms with Gasteiger partial charge in [-0.25, -0.2) is 0 Å². The number of furan rings is 1. The monoisotopic (exact) mass is 299 g/mol. The molecule has 0 aliphatic carbocycles. The van der Waals surface area contributed by atoms with Crippen LogP contribution in [0, 0.1) is 0 Å². The van der Waals surface area contributed by atoms with Crippen LogP contribution >= 0.6 is 11.6 Å². The summed E-state index contributed by atoms with van der Waals surface area (Å²) in [5.74, 6) is 0. The van der Waals surface area contributed by atoms with Gasteiger partial charge in [0.05, 0.1) is 11.3 Å². The summed E-state index contributed by atoms with van der Waals surface area (Å²) in [6.07, 6.45) is 2.92. The molecule has 0 saturated heterocycles. The Morgan fingerprint density at radius 3 is 2.67 bits per heavy atom. The van der Waals surface area contributed by atoms with Gasteiger partial charge >= 0.3 is 0 Å². The van der Waals surface area contributed by atoms with Crippen LogP contribution in [0.15, 0.2) is 53.1 Å². The van der Waals surface area contributed by atoms with Crippen LogP contribution in [0.1, 0.15) is 18.9 Å². The van der Waals surface area contributed by atoms with Crippen LogP contribution < -0.4 is 5.32 Å². The van der Waals surface area contributed by atoms with Crippen molar-refractivity contribution in [2.45, 2.75) is 19.9 Å². The van der Waals surface area contributed by atoms with E-state index in [0.29, 0.717) is 5.02 Å². The van der Waals surface area contributed by atoms with Gasteiger partial charge in [0.2, 0.25) is 0 Å². The fourth-order valence-electron chi connectivity index (χ4n) is 2.48. The van der Waals surface area contributed by atoms with E-state index in [4.69, 9.17) is 16.0 Å². The molecule has 0 fully saturated rings. The van der Waals surface area contributed by atoms with Crippen LogP contribution in [-0.4, -0.2) is 6.54 Å². The molecule has 0 aliphatic heterocycles. The van der Waals surface area contributed by atoms with Gasteiger partial charge in [-0.05, 0) is 36.2 Å². The maximum atomic E-state index is 6.37. The third-order valence-electron chi connectivity index (χ3n) is 3.56. The summed E-state index contributed by atoms with van der Waals surface area (Å²) < 4.78 is 5.63. The van der Waals surface area contributed by atoms with Crippen LogP contribution in [-0.2, 0) is 6.54 Å².